The number of nitrogens with zero attached hydrogens (tertiary/aromatic N) is 1. The Morgan fingerprint density at radius 2 is 2.07 bits per heavy atom. The summed E-state index contributed by atoms with van der Waals surface area (Å²) in [4.78, 5) is 31.7. The van der Waals surface area contributed by atoms with Crippen LogP contribution in [0, 0.1) is 0 Å². The van der Waals surface area contributed by atoms with Crippen LogP contribution in [-0.2, 0) is 26.7 Å². The fourth-order valence-corrected chi connectivity index (χ4v) is 6.12. The first-order valence-corrected chi connectivity index (χ1v) is 11.9. The largest absolute Gasteiger partial charge is 0.462 e. The average Bonchev–Trinajstić information content (AvgIpc) is 3.33. The van der Waals surface area contributed by atoms with E-state index in [2.05, 4.69) is 9.97 Å². The van der Waals surface area contributed by atoms with Crippen LogP contribution in [0.15, 0.2) is 38.0 Å². The van der Waals surface area contributed by atoms with E-state index in [0.717, 1.165) is 22.7 Å². The van der Waals surface area contributed by atoms with Gasteiger partial charge in [-0.25, -0.2) is 18.2 Å². The summed E-state index contributed by atoms with van der Waals surface area (Å²) in [5, 5.41) is 3.69. The zero-order chi connectivity index (χ0) is 20.3. The van der Waals surface area contributed by atoms with Crippen molar-refractivity contribution in [3.63, 3.8) is 0 Å². The molecule has 0 bridgehead atoms. The Bertz CT molecular complexity index is 1140. The van der Waals surface area contributed by atoms with Gasteiger partial charge in [-0.15, -0.1) is 22.7 Å². The second-order valence-electron chi connectivity index (χ2n) is 5.80. The van der Waals surface area contributed by atoms with Gasteiger partial charge in [0, 0.05) is 11.1 Å². The molecule has 1 N–H and O–H groups in total. The van der Waals surface area contributed by atoms with Gasteiger partial charge in [-0.3, -0.25) is 4.79 Å². The average molecular weight is 439 g/mol. The van der Waals surface area contributed by atoms with Crippen LogP contribution in [-0.4, -0.2) is 31.0 Å². The van der Waals surface area contributed by atoms with Gasteiger partial charge in [0.05, 0.1) is 23.4 Å². The Balaban J connectivity index is 1.96. The van der Waals surface area contributed by atoms with E-state index in [-0.39, 0.29) is 33.3 Å². The van der Waals surface area contributed by atoms with Gasteiger partial charge in [0.1, 0.15) is 15.0 Å². The van der Waals surface area contributed by atoms with Crippen LogP contribution in [0.2, 0.25) is 0 Å². The van der Waals surface area contributed by atoms with Crippen molar-refractivity contribution in [3.05, 3.63) is 55.6 Å². The number of hydrogen-bond donors (Lipinski definition) is 1. The van der Waals surface area contributed by atoms with Crippen LogP contribution in [0.25, 0.3) is 11.3 Å². The Morgan fingerprint density at radius 1 is 1.29 bits per heavy atom. The van der Waals surface area contributed by atoms with Gasteiger partial charge in [0.2, 0.25) is 0 Å². The van der Waals surface area contributed by atoms with Crippen molar-refractivity contribution in [2.45, 2.75) is 30.2 Å². The molecular formula is C18H18N2O5S3. The van der Waals surface area contributed by atoms with Crippen molar-refractivity contribution in [3.8, 4) is 11.3 Å². The van der Waals surface area contributed by atoms with Crippen LogP contribution < -0.4 is 5.56 Å². The highest BCUT2D eigenvalue weighted by Crippen LogP contribution is 2.26. The summed E-state index contributed by atoms with van der Waals surface area (Å²) in [6, 6.07) is 4.69. The van der Waals surface area contributed by atoms with Crippen molar-refractivity contribution >= 4 is 38.5 Å². The molecule has 0 amide bonds. The highest BCUT2D eigenvalue weighted by molar-refractivity contribution is 7.92. The third-order valence-corrected chi connectivity index (χ3v) is 8.06. The number of sulfone groups is 1. The van der Waals surface area contributed by atoms with E-state index in [9.17, 15) is 18.0 Å². The SMILES string of the molecule is CCOC(=O)c1cc(-c2csc(CS(=O)(=O)c3cccs3)n2)c(=O)[nH]c1CC. The van der Waals surface area contributed by atoms with Gasteiger partial charge >= 0.3 is 5.97 Å². The first-order valence-electron chi connectivity index (χ1n) is 8.50. The number of rotatable bonds is 7. The van der Waals surface area contributed by atoms with Crippen molar-refractivity contribution in [1.29, 1.82) is 0 Å². The van der Waals surface area contributed by atoms with Crippen molar-refractivity contribution in [1.82, 2.24) is 9.97 Å². The molecule has 0 saturated carbocycles. The molecule has 0 unspecified atom stereocenters. The standard InChI is InChI=1S/C18H18N2O5S3/c1-3-13-12(18(22)25-4-2)8-11(17(21)20-13)14-9-27-15(19-14)10-28(23,24)16-6-5-7-26-16/h5-9H,3-4,10H2,1-2H3,(H,20,21). The lowest BCUT2D eigenvalue weighted by Gasteiger charge is -2.08. The molecule has 3 aromatic heterocycles. The Hall–Kier alpha value is -2.30. The molecule has 0 aliphatic heterocycles. The number of aromatic nitrogens is 2. The Kier molecular flexibility index (Phi) is 6.11. The summed E-state index contributed by atoms with van der Waals surface area (Å²) < 4.78 is 30.2. The lowest BCUT2D eigenvalue weighted by molar-refractivity contribution is 0.0524. The van der Waals surface area contributed by atoms with Crippen molar-refractivity contribution < 1.29 is 17.9 Å². The maximum absolute atomic E-state index is 12.5. The van der Waals surface area contributed by atoms with Gasteiger partial charge in [0.15, 0.2) is 9.84 Å². The molecule has 7 nitrogen and oxygen atoms in total. The van der Waals surface area contributed by atoms with E-state index in [1.54, 1.807) is 29.8 Å². The number of ether oxygens (including phenoxy) is 1. The van der Waals surface area contributed by atoms with Gasteiger partial charge in [-0.1, -0.05) is 13.0 Å². The molecule has 28 heavy (non-hydrogen) atoms. The zero-order valence-electron chi connectivity index (χ0n) is 15.2. The Labute approximate surface area is 170 Å². The summed E-state index contributed by atoms with van der Waals surface area (Å²) in [6.07, 6.45) is 0.463. The molecule has 0 fully saturated rings. The number of aromatic amines is 1. The van der Waals surface area contributed by atoms with E-state index in [1.165, 1.54) is 6.07 Å². The molecule has 0 aromatic carbocycles. The first-order chi connectivity index (χ1) is 13.4. The quantitative estimate of drug-likeness (QED) is 0.568. The maximum Gasteiger partial charge on any atom is 0.339 e. The summed E-state index contributed by atoms with van der Waals surface area (Å²) in [6.45, 7) is 3.75. The fourth-order valence-electron chi connectivity index (χ4n) is 2.60. The van der Waals surface area contributed by atoms with Crippen LogP contribution in [0.4, 0.5) is 0 Å². The lowest BCUT2D eigenvalue weighted by atomic mass is 10.1. The third-order valence-electron chi connectivity index (χ3n) is 3.91. The van der Waals surface area contributed by atoms with Crippen molar-refractivity contribution in [2.24, 2.45) is 0 Å². The number of aryl methyl sites for hydroxylation is 1. The molecule has 148 valence electrons. The molecule has 0 saturated heterocycles. The summed E-state index contributed by atoms with van der Waals surface area (Å²) in [7, 11) is -3.48. The van der Waals surface area contributed by atoms with Gasteiger partial charge in [-0.2, -0.15) is 0 Å². The number of nitrogens with one attached hydrogen (secondary N) is 1. The summed E-state index contributed by atoms with van der Waals surface area (Å²) in [5.74, 6) is -0.763. The minimum Gasteiger partial charge on any atom is -0.462 e. The zero-order valence-corrected chi connectivity index (χ0v) is 17.7. The molecular weight excluding hydrogens is 420 g/mol. The molecule has 0 atom stereocenters. The van der Waals surface area contributed by atoms with E-state index in [4.69, 9.17) is 4.74 Å². The molecule has 0 radical (unpaired) electrons. The molecule has 3 heterocycles. The molecule has 0 aliphatic rings. The second kappa shape index (κ2) is 8.38. The maximum atomic E-state index is 12.5. The number of thiophene rings is 1. The summed E-state index contributed by atoms with van der Waals surface area (Å²) in [5.41, 5.74) is 0.914. The first kappa shape index (κ1) is 20.4. The van der Waals surface area contributed by atoms with Gasteiger partial charge in [-0.05, 0) is 30.9 Å². The number of carbonyl (C=O) groups excluding carboxylic acids is 1. The number of pyridine rings is 1. The van der Waals surface area contributed by atoms with Gasteiger partial charge < -0.3 is 9.72 Å². The van der Waals surface area contributed by atoms with Crippen LogP contribution in [0.3, 0.4) is 0 Å². The van der Waals surface area contributed by atoms with Crippen LogP contribution in [0.5, 0.6) is 0 Å². The number of thiazole rings is 1. The number of esters is 1. The van der Waals surface area contributed by atoms with E-state index >= 15 is 0 Å². The molecule has 0 spiro atoms. The normalized spacial score (nSPS) is 11.5. The number of hydrogen-bond acceptors (Lipinski definition) is 8. The van der Waals surface area contributed by atoms with E-state index in [1.807, 2.05) is 6.92 Å². The predicted octanol–water partition coefficient (Wildman–Crippen LogP) is 3.27. The van der Waals surface area contributed by atoms with E-state index in [0.29, 0.717) is 22.8 Å². The molecule has 0 aliphatic carbocycles. The topological polar surface area (TPSA) is 106 Å². The highest BCUT2D eigenvalue weighted by atomic mass is 32.2. The number of carbonyl (C=O) groups is 1. The third kappa shape index (κ3) is 4.23. The predicted molar refractivity (Wildman–Crippen MR) is 109 cm³/mol. The fraction of sp³-hybridized carbons (Fsp3) is 0.278. The monoisotopic (exact) mass is 438 g/mol. The summed E-state index contributed by atoms with van der Waals surface area (Å²) >= 11 is 2.31. The highest BCUT2D eigenvalue weighted by Gasteiger charge is 2.21. The van der Waals surface area contributed by atoms with Crippen LogP contribution >= 0.6 is 22.7 Å². The van der Waals surface area contributed by atoms with Gasteiger partial charge in [0.25, 0.3) is 5.56 Å². The lowest BCUT2D eigenvalue weighted by Crippen LogP contribution is -2.18. The molecule has 3 aromatic rings. The molecule has 3 rings (SSSR count). The number of H-pyrrole nitrogens is 1. The Morgan fingerprint density at radius 3 is 2.71 bits per heavy atom. The van der Waals surface area contributed by atoms with E-state index < -0.39 is 15.8 Å². The minimum atomic E-state index is -3.48. The van der Waals surface area contributed by atoms with Crippen molar-refractivity contribution in [2.75, 3.05) is 6.61 Å². The minimum absolute atomic E-state index is 0.205. The van der Waals surface area contributed by atoms with Crippen LogP contribution in [0.1, 0.15) is 34.9 Å². The second-order valence-corrected chi connectivity index (χ2v) is 9.90. The smallest absolute Gasteiger partial charge is 0.339 e. The molecule has 10 heteroatoms.